The van der Waals surface area contributed by atoms with Gasteiger partial charge in [-0.3, -0.25) is 4.79 Å². The first kappa shape index (κ1) is 18.9. The van der Waals surface area contributed by atoms with Crippen LogP contribution in [-0.4, -0.2) is 27.5 Å². The van der Waals surface area contributed by atoms with E-state index in [1.807, 2.05) is 0 Å². The molecule has 0 aliphatic heterocycles. The van der Waals surface area contributed by atoms with Crippen molar-refractivity contribution in [2.75, 3.05) is 12.4 Å². The van der Waals surface area contributed by atoms with Crippen LogP contribution in [-0.2, 0) is 10.0 Å². The molecular formula is C17H19FN2O4S. The predicted molar refractivity (Wildman–Crippen MR) is 92.8 cm³/mol. The fourth-order valence-corrected chi connectivity index (χ4v) is 3.60. The van der Waals surface area contributed by atoms with E-state index in [-0.39, 0.29) is 27.9 Å². The second-order valence-electron chi connectivity index (χ2n) is 5.58. The Morgan fingerprint density at radius 2 is 1.84 bits per heavy atom. The maximum absolute atomic E-state index is 13.7. The molecule has 0 bridgehead atoms. The lowest BCUT2D eigenvalue weighted by molar-refractivity contribution is 0.102. The van der Waals surface area contributed by atoms with Crippen molar-refractivity contribution in [3.8, 4) is 5.75 Å². The Balaban J connectivity index is 2.38. The van der Waals surface area contributed by atoms with Gasteiger partial charge in [-0.05, 0) is 44.2 Å². The minimum absolute atomic E-state index is 0.00744. The highest BCUT2D eigenvalue weighted by molar-refractivity contribution is 7.89. The Morgan fingerprint density at radius 3 is 2.44 bits per heavy atom. The third kappa shape index (κ3) is 4.55. The van der Waals surface area contributed by atoms with Gasteiger partial charge >= 0.3 is 0 Å². The molecule has 2 N–H and O–H groups in total. The fourth-order valence-electron chi connectivity index (χ4n) is 2.16. The predicted octanol–water partition coefficient (Wildman–Crippen LogP) is 2.77. The molecule has 2 aromatic carbocycles. The van der Waals surface area contributed by atoms with Crippen molar-refractivity contribution in [1.29, 1.82) is 0 Å². The molecule has 8 heteroatoms. The van der Waals surface area contributed by atoms with Gasteiger partial charge in [0.1, 0.15) is 16.5 Å². The van der Waals surface area contributed by atoms with Crippen LogP contribution in [0.5, 0.6) is 5.75 Å². The number of amides is 1. The molecule has 0 fully saturated rings. The highest BCUT2D eigenvalue weighted by Gasteiger charge is 2.22. The normalized spacial score (nSPS) is 11.4. The average Bonchev–Trinajstić information content (AvgIpc) is 2.55. The molecule has 0 heterocycles. The lowest BCUT2D eigenvalue weighted by atomic mass is 10.2. The summed E-state index contributed by atoms with van der Waals surface area (Å²) in [5.74, 6) is -1.11. The van der Waals surface area contributed by atoms with Crippen LogP contribution in [0.25, 0.3) is 0 Å². The van der Waals surface area contributed by atoms with Crippen LogP contribution < -0.4 is 14.8 Å². The zero-order valence-corrected chi connectivity index (χ0v) is 14.9. The summed E-state index contributed by atoms with van der Waals surface area (Å²) in [7, 11) is -2.53. The van der Waals surface area contributed by atoms with Gasteiger partial charge in [-0.2, -0.15) is 0 Å². The molecule has 0 spiro atoms. The Bertz CT molecular complexity index is 882. The summed E-state index contributed by atoms with van der Waals surface area (Å²) < 4.78 is 46.0. The van der Waals surface area contributed by atoms with Gasteiger partial charge in [0.05, 0.1) is 12.8 Å². The molecule has 0 aliphatic rings. The molecule has 134 valence electrons. The van der Waals surface area contributed by atoms with E-state index in [9.17, 15) is 17.6 Å². The van der Waals surface area contributed by atoms with E-state index < -0.39 is 21.7 Å². The third-order valence-electron chi connectivity index (χ3n) is 3.23. The molecule has 0 aliphatic carbocycles. The van der Waals surface area contributed by atoms with Crippen molar-refractivity contribution < 1.29 is 22.3 Å². The van der Waals surface area contributed by atoms with Gasteiger partial charge in [-0.25, -0.2) is 17.5 Å². The highest BCUT2D eigenvalue weighted by Crippen LogP contribution is 2.25. The van der Waals surface area contributed by atoms with Crippen molar-refractivity contribution in [2.45, 2.75) is 24.8 Å². The average molecular weight is 366 g/mol. The van der Waals surface area contributed by atoms with E-state index in [0.717, 1.165) is 0 Å². The monoisotopic (exact) mass is 366 g/mol. The number of carbonyl (C=O) groups excluding carboxylic acids is 1. The van der Waals surface area contributed by atoms with Gasteiger partial charge in [-0.15, -0.1) is 0 Å². The molecule has 0 saturated carbocycles. The van der Waals surface area contributed by atoms with Crippen LogP contribution in [0.3, 0.4) is 0 Å². The zero-order chi connectivity index (χ0) is 18.6. The van der Waals surface area contributed by atoms with Crippen LogP contribution in [0, 0.1) is 5.82 Å². The largest absolute Gasteiger partial charge is 0.495 e. The van der Waals surface area contributed by atoms with Crippen LogP contribution in [0.1, 0.15) is 24.2 Å². The van der Waals surface area contributed by atoms with Crippen LogP contribution in [0.4, 0.5) is 10.1 Å². The van der Waals surface area contributed by atoms with Crippen molar-refractivity contribution in [2.24, 2.45) is 0 Å². The molecule has 2 rings (SSSR count). The molecule has 2 aromatic rings. The van der Waals surface area contributed by atoms with E-state index in [4.69, 9.17) is 4.74 Å². The number of anilines is 1. The fraction of sp³-hybridized carbons (Fsp3) is 0.235. The van der Waals surface area contributed by atoms with Gasteiger partial charge in [0.2, 0.25) is 10.0 Å². The quantitative estimate of drug-likeness (QED) is 0.823. The van der Waals surface area contributed by atoms with E-state index in [1.54, 1.807) is 19.9 Å². The molecule has 0 atom stereocenters. The smallest absolute Gasteiger partial charge is 0.255 e. The van der Waals surface area contributed by atoms with Gasteiger partial charge in [0.25, 0.3) is 5.91 Å². The van der Waals surface area contributed by atoms with Crippen molar-refractivity contribution in [1.82, 2.24) is 4.72 Å². The number of carbonyl (C=O) groups is 1. The number of benzene rings is 2. The standard InChI is InChI=1S/C17H19FN2O4S/c1-11(2)20-25(22,23)16-10-12(8-9-15(16)24-3)17(21)19-14-7-5-4-6-13(14)18/h4-11,20H,1-3H3,(H,19,21). The molecule has 0 aromatic heterocycles. The summed E-state index contributed by atoms with van der Waals surface area (Å²) >= 11 is 0. The van der Waals surface area contributed by atoms with E-state index in [1.165, 1.54) is 43.5 Å². The van der Waals surface area contributed by atoms with Crippen LogP contribution >= 0.6 is 0 Å². The Hall–Kier alpha value is -2.45. The minimum Gasteiger partial charge on any atom is -0.495 e. The zero-order valence-electron chi connectivity index (χ0n) is 14.0. The maximum atomic E-state index is 13.7. The number of sulfonamides is 1. The summed E-state index contributed by atoms with van der Waals surface area (Å²) in [6.45, 7) is 3.36. The molecule has 0 saturated heterocycles. The van der Waals surface area contributed by atoms with Crippen LogP contribution in [0.15, 0.2) is 47.4 Å². The summed E-state index contributed by atoms with van der Waals surface area (Å²) in [4.78, 5) is 12.2. The number of hydrogen-bond donors (Lipinski definition) is 2. The van der Waals surface area contributed by atoms with Gasteiger partial charge in [-0.1, -0.05) is 12.1 Å². The van der Waals surface area contributed by atoms with Gasteiger partial charge in [0.15, 0.2) is 0 Å². The van der Waals surface area contributed by atoms with Crippen LogP contribution in [0.2, 0.25) is 0 Å². The molecule has 25 heavy (non-hydrogen) atoms. The summed E-state index contributed by atoms with van der Waals surface area (Å²) in [6.07, 6.45) is 0. The first-order valence-corrected chi connectivity index (χ1v) is 8.99. The minimum atomic E-state index is -3.87. The molecule has 1 amide bonds. The van der Waals surface area contributed by atoms with Crippen molar-refractivity contribution in [3.05, 3.63) is 53.8 Å². The number of rotatable bonds is 6. The van der Waals surface area contributed by atoms with Crippen molar-refractivity contribution >= 4 is 21.6 Å². The Morgan fingerprint density at radius 1 is 1.16 bits per heavy atom. The molecule has 0 radical (unpaired) electrons. The summed E-state index contributed by atoms with van der Waals surface area (Å²) in [5, 5.41) is 2.41. The first-order chi connectivity index (χ1) is 11.7. The number of para-hydroxylation sites is 1. The maximum Gasteiger partial charge on any atom is 0.255 e. The Kier molecular flexibility index (Phi) is 5.76. The number of ether oxygens (including phenoxy) is 1. The summed E-state index contributed by atoms with van der Waals surface area (Å²) in [5.41, 5.74) is 0.0706. The number of nitrogens with one attached hydrogen (secondary N) is 2. The SMILES string of the molecule is COc1ccc(C(=O)Nc2ccccc2F)cc1S(=O)(=O)NC(C)C. The number of hydrogen-bond acceptors (Lipinski definition) is 4. The van der Waals surface area contributed by atoms with E-state index >= 15 is 0 Å². The number of halogens is 1. The summed E-state index contributed by atoms with van der Waals surface area (Å²) in [6, 6.07) is 9.36. The molecule has 6 nitrogen and oxygen atoms in total. The van der Waals surface area contributed by atoms with Gasteiger partial charge in [0, 0.05) is 11.6 Å². The topological polar surface area (TPSA) is 84.5 Å². The first-order valence-electron chi connectivity index (χ1n) is 7.51. The van der Waals surface area contributed by atoms with Gasteiger partial charge < -0.3 is 10.1 Å². The molecular weight excluding hydrogens is 347 g/mol. The second kappa shape index (κ2) is 7.62. The van der Waals surface area contributed by atoms with Crippen molar-refractivity contribution in [3.63, 3.8) is 0 Å². The third-order valence-corrected chi connectivity index (χ3v) is 4.91. The van der Waals surface area contributed by atoms with E-state index in [2.05, 4.69) is 10.0 Å². The Labute approximate surface area is 146 Å². The lowest BCUT2D eigenvalue weighted by Gasteiger charge is -2.14. The number of methoxy groups -OCH3 is 1. The lowest BCUT2D eigenvalue weighted by Crippen LogP contribution is -2.30. The molecule has 0 unspecified atom stereocenters. The highest BCUT2D eigenvalue weighted by atomic mass is 32.2. The second-order valence-corrected chi connectivity index (χ2v) is 7.26. The van der Waals surface area contributed by atoms with E-state index in [0.29, 0.717) is 0 Å².